The van der Waals surface area contributed by atoms with Crippen LogP contribution in [0, 0.1) is 17.6 Å². The Morgan fingerprint density at radius 2 is 1.96 bits per heavy atom. The second kappa shape index (κ2) is 6.84. The maximum Gasteiger partial charge on any atom is 0.326 e. The number of carbonyl (C=O) groups excluding carboxylic acids is 1. The van der Waals surface area contributed by atoms with Crippen molar-refractivity contribution in [1.29, 1.82) is 0 Å². The van der Waals surface area contributed by atoms with E-state index in [0.717, 1.165) is 6.42 Å². The number of nitrogens with zero attached hydrogens (tertiary/aromatic N) is 1. The summed E-state index contributed by atoms with van der Waals surface area (Å²) in [7, 11) is -4.40. The van der Waals surface area contributed by atoms with Crippen molar-refractivity contribution in [2.75, 3.05) is 22.7 Å². The van der Waals surface area contributed by atoms with Crippen molar-refractivity contribution >= 4 is 38.3 Å². The van der Waals surface area contributed by atoms with Crippen molar-refractivity contribution in [3.8, 4) is 5.75 Å². The van der Waals surface area contributed by atoms with E-state index in [-0.39, 0.29) is 10.8 Å². The smallest absolute Gasteiger partial charge is 0.326 e. The Morgan fingerprint density at radius 3 is 2.56 bits per heavy atom. The summed E-state index contributed by atoms with van der Waals surface area (Å²) >= 11 is 0. The van der Waals surface area contributed by atoms with Gasteiger partial charge in [-0.15, -0.1) is 0 Å². The molecule has 0 aromatic heterocycles. The van der Waals surface area contributed by atoms with Crippen molar-refractivity contribution in [1.82, 2.24) is 4.72 Å². The number of phenols is 1. The summed E-state index contributed by atoms with van der Waals surface area (Å²) in [5.74, 6) is -3.90. The van der Waals surface area contributed by atoms with E-state index in [0.29, 0.717) is 22.5 Å². The van der Waals surface area contributed by atoms with E-state index >= 15 is 4.39 Å². The van der Waals surface area contributed by atoms with Gasteiger partial charge in [0.05, 0.1) is 0 Å². The molecule has 0 saturated carbocycles. The first kappa shape index (κ1) is 19.2. The van der Waals surface area contributed by atoms with Gasteiger partial charge in [0.15, 0.2) is 17.4 Å². The standard InChI is InChI=1S/C17H19F2N3O4S/c1-9(2)5-6-20-10-3-4-11-12(7-10)14(18)16(17(24)15(11)19)22-8-13(23)21-27(22,25)26/h3-4,7,9,20,24H,5-6,8H2,1-2H3,(H,21,23). The lowest BCUT2D eigenvalue weighted by molar-refractivity contribution is -0.117. The highest BCUT2D eigenvalue weighted by molar-refractivity contribution is 7.92. The van der Waals surface area contributed by atoms with Gasteiger partial charge in [-0.2, -0.15) is 8.42 Å². The van der Waals surface area contributed by atoms with Crippen molar-refractivity contribution in [3.05, 3.63) is 29.8 Å². The molecule has 1 fully saturated rings. The van der Waals surface area contributed by atoms with Crippen LogP contribution in [0.2, 0.25) is 0 Å². The Kier molecular flexibility index (Phi) is 4.85. The first-order valence-electron chi connectivity index (χ1n) is 8.32. The monoisotopic (exact) mass is 399 g/mol. The quantitative estimate of drug-likeness (QED) is 0.717. The largest absolute Gasteiger partial charge is 0.503 e. The Hall–Kier alpha value is -2.62. The Morgan fingerprint density at radius 1 is 1.26 bits per heavy atom. The Bertz CT molecular complexity index is 1020. The number of amides is 1. The van der Waals surface area contributed by atoms with E-state index in [1.54, 1.807) is 10.8 Å². The molecule has 2 aromatic carbocycles. The molecule has 0 aliphatic carbocycles. The molecule has 3 rings (SSSR count). The number of hydrogen-bond donors (Lipinski definition) is 3. The number of carbonyl (C=O) groups is 1. The molecule has 10 heteroatoms. The van der Waals surface area contributed by atoms with Gasteiger partial charge in [0.2, 0.25) is 0 Å². The van der Waals surface area contributed by atoms with Crippen LogP contribution in [0.25, 0.3) is 10.8 Å². The summed E-state index contributed by atoms with van der Waals surface area (Å²) in [6.45, 7) is 3.98. The third-order valence-corrected chi connectivity index (χ3v) is 5.63. The summed E-state index contributed by atoms with van der Waals surface area (Å²) in [6.07, 6.45) is 0.871. The van der Waals surface area contributed by atoms with E-state index in [4.69, 9.17) is 0 Å². The van der Waals surface area contributed by atoms with Gasteiger partial charge >= 0.3 is 10.2 Å². The lowest BCUT2D eigenvalue weighted by Crippen LogP contribution is -2.30. The molecule has 0 radical (unpaired) electrons. The fraction of sp³-hybridized carbons (Fsp3) is 0.353. The van der Waals surface area contributed by atoms with Crippen LogP contribution in [0.5, 0.6) is 5.75 Å². The molecule has 0 atom stereocenters. The van der Waals surface area contributed by atoms with Gasteiger partial charge in [-0.1, -0.05) is 13.8 Å². The van der Waals surface area contributed by atoms with Gasteiger partial charge in [0.25, 0.3) is 5.91 Å². The molecule has 3 N–H and O–H groups in total. The van der Waals surface area contributed by atoms with Crippen LogP contribution in [0.3, 0.4) is 0 Å². The minimum atomic E-state index is -4.40. The first-order chi connectivity index (χ1) is 12.6. The molecule has 1 saturated heterocycles. The highest BCUT2D eigenvalue weighted by atomic mass is 32.2. The van der Waals surface area contributed by atoms with E-state index in [1.165, 1.54) is 12.1 Å². The van der Waals surface area contributed by atoms with Crippen molar-refractivity contribution in [3.63, 3.8) is 0 Å². The number of anilines is 2. The summed E-state index contributed by atoms with van der Waals surface area (Å²) in [4.78, 5) is 11.4. The highest BCUT2D eigenvalue weighted by Gasteiger charge is 2.39. The van der Waals surface area contributed by atoms with Gasteiger partial charge in [0, 0.05) is 23.0 Å². The number of fused-ring (bicyclic) bond motifs is 1. The zero-order valence-corrected chi connectivity index (χ0v) is 15.5. The third kappa shape index (κ3) is 3.48. The number of halogens is 2. The predicted octanol–water partition coefficient (Wildman–Crippen LogP) is 2.46. The topological polar surface area (TPSA) is 98.7 Å². The summed E-state index contributed by atoms with van der Waals surface area (Å²) in [5, 5.41) is 12.7. The van der Waals surface area contributed by atoms with Crippen LogP contribution in [-0.2, 0) is 15.0 Å². The van der Waals surface area contributed by atoms with Gasteiger partial charge < -0.3 is 10.4 Å². The average molecular weight is 399 g/mol. The number of hydrogen-bond acceptors (Lipinski definition) is 5. The van der Waals surface area contributed by atoms with Gasteiger partial charge in [0.1, 0.15) is 12.2 Å². The van der Waals surface area contributed by atoms with Crippen LogP contribution < -0.4 is 14.3 Å². The van der Waals surface area contributed by atoms with Crippen molar-refractivity contribution in [2.45, 2.75) is 20.3 Å². The van der Waals surface area contributed by atoms with E-state index in [9.17, 15) is 22.7 Å². The number of benzene rings is 2. The second-order valence-corrected chi connectivity index (χ2v) is 8.33. The van der Waals surface area contributed by atoms with Crippen LogP contribution in [0.15, 0.2) is 18.2 Å². The SMILES string of the molecule is CC(C)CCNc1ccc2c(F)c(O)c(N3CC(=O)NS3(=O)=O)c(F)c2c1. The van der Waals surface area contributed by atoms with Crippen LogP contribution >= 0.6 is 0 Å². The maximum atomic E-state index is 15.1. The molecule has 0 bridgehead atoms. The summed E-state index contributed by atoms with van der Waals surface area (Å²) < 4.78 is 55.6. The van der Waals surface area contributed by atoms with Crippen LogP contribution in [-0.4, -0.2) is 32.5 Å². The highest BCUT2D eigenvalue weighted by Crippen LogP contribution is 2.41. The third-order valence-electron chi connectivity index (χ3n) is 4.25. The molecule has 7 nitrogen and oxygen atoms in total. The van der Waals surface area contributed by atoms with E-state index in [1.807, 2.05) is 0 Å². The Balaban J connectivity index is 2.11. The molecule has 2 aromatic rings. The lowest BCUT2D eigenvalue weighted by atomic mass is 10.1. The molecular weight excluding hydrogens is 380 g/mol. The zero-order valence-electron chi connectivity index (χ0n) is 14.7. The molecule has 0 unspecified atom stereocenters. The predicted molar refractivity (Wildman–Crippen MR) is 97.9 cm³/mol. The molecule has 1 amide bonds. The van der Waals surface area contributed by atoms with Crippen LogP contribution in [0.1, 0.15) is 20.3 Å². The molecule has 27 heavy (non-hydrogen) atoms. The molecule has 0 spiro atoms. The van der Waals surface area contributed by atoms with Crippen molar-refractivity contribution < 1.29 is 27.1 Å². The number of rotatable bonds is 5. The number of aromatic hydroxyl groups is 1. The van der Waals surface area contributed by atoms with Gasteiger partial charge in [-0.25, -0.2) is 17.8 Å². The molecule has 1 aliphatic rings. The zero-order chi connectivity index (χ0) is 19.9. The molecule has 1 heterocycles. The van der Waals surface area contributed by atoms with Gasteiger partial charge in [-0.05, 0) is 30.5 Å². The van der Waals surface area contributed by atoms with E-state index in [2.05, 4.69) is 19.2 Å². The van der Waals surface area contributed by atoms with Crippen LogP contribution in [0.4, 0.5) is 20.2 Å². The van der Waals surface area contributed by atoms with Crippen molar-refractivity contribution in [2.24, 2.45) is 5.92 Å². The second-order valence-electron chi connectivity index (χ2n) is 6.73. The fourth-order valence-electron chi connectivity index (χ4n) is 2.87. The Labute approximate surface area is 155 Å². The molecule has 1 aliphatic heterocycles. The van der Waals surface area contributed by atoms with E-state index < -0.39 is 45.7 Å². The fourth-order valence-corrected chi connectivity index (χ4v) is 4.03. The lowest BCUT2D eigenvalue weighted by Gasteiger charge is -2.19. The van der Waals surface area contributed by atoms with Gasteiger partial charge in [-0.3, -0.25) is 4.79 Å². The first-order valence-corrected chi connectivity index (χ1v) is 9.76. The summed E-state index contributed by atoms with van der Waals surface area (Å²) in [6, 6.07) is 4.19. The number of nitrogens with one attached hydrogen (secondary N) is 2. The normalized spacial score (nSPS) is 16.2. The minimum absolute atomic E-state index is 0.195. The minimum Gasteiger partial charge on any atom is -0.503 e. The summed E-state index contributed by atoms with van der Waals surface area (Å²) in [5.41, 5.74) is -0.366. The molecule has 146 valence electrons. The number of phenolic OH excluding ortho intramolecular Hbond substituents is 1. The molecular formula is C17H19F2N3O4S. The maximum absolute atomic E-state index is 15.1. The average Bonchev–Trinajstić information content (AvgIpc) is 2.85.